The molecule has 3 nitrogen and oxygen atoms in total. The van der Waals surface area contributed by atoms with E-state index >= 15 is 0 Å². The van der Waals surface area contributed by atoms with Gasteiger partial charge in [-0.05, 0) is 25.1 Å². The molecule has 0 radical (unpaired) electrons. The van der Waals surface area contributed by atoms with E-state index in [9.17, 15) is 0 Å². The second-order valence-electron chi connectivity index (χ2n) is 2.83. The largest absolute Gasteiger partial charge is 0.385 e. The second kappa shape index (κ2) is 3.39. The molecule has 0 fully saturated rings. The molecule has 2 aromatic rings. The van der Waals surface area contributed by atoms with Crippen LogP contribution in [0.25, 0.3) is 10.9 Å². The fraction of sp³-hybridized carbons (Fsp3) is 0.200. The van der Waals surface area contributed by atoms with Crippen molar-refractivity contribution >= 4 is 16.6 Å². The molecule has 0 aliphatic rings. The highest BCUT2D eigenvalue weighted by molar-refractivity contribution is 5.81. The zero-order valence-corrected chi connectivity index (χ0v) is 7.49. The third kappa shape index (κ3) is 1.59. The van der Waals surface area contributed by atoms with Crippen LogP contribution in [-0.4, -0.2) is 16.5 Å². The van der Waals surface area contributed by atoms with E-state index in [-0.39, 0.29) is 0 Å². The van der Waals surface area contributed by atoms with Crippen molar-refractivity contribution < 1.29 is 0 Å². The normalized spacial score (nSPS) is 10.2. The molecule has 2 rings (SSSR count). The van der Waals surface area contributed by atoms with E-state index in [2.05, 4.69) is 28.3 Å². The lowest BCUT2D eigenvalue weighted by Crippen LogP contribution is -1.95. The van der Waals surface area contributed by atoms with Crippen LogP contribution < -0.4 is 5.32 Å². The molecule has 0 atom stereocenters. The summed E-state index contributed by atoms with van der Waals surface area (Å²) >= 11 is 0. The van der Waals surface area contributed by atoms with Gasteiger partial charge in [-0.15, -0.1) is 0 Å². The quantitative estimate of drug-likeness (QED) is 0.755. The summed E-state index contributed by atoms with van der Waals surface area (Å²) in [5.41, 5.74) is 2.10. The average molecular weight is 173 g/mol. The number of benzene rings is 1. The van der Waals surface area contributed by atoms with Crippen molar-refractivity contribution in [3.8, 4) is 0 Å². The van der Waals surface area contributed by atoms with E-state index in [1.54, 1.807) is 6.33 Å². The van der Waals surface area contributed by atoms with Crippen LogP contribution in [0.3, 0.4) is 0 Å². The van der Waals surface area contributed by atoms with Gasteiger partial charge in [0.1, 0.15) is 6.33 Å². The number of hydrogen-bond donors (Lipinski definition) is 1. The maximum Gasteiger partial charge on any atom is 0.116 e. The molecule has 0 aliphatic heterocycles. The van der Waals surface area contributed by atoms with Crippen molar-refractivity contribution in [1.29, 1.82) is 0 Å². The average Bonchev–Trinajstić information content (AvgIpc) is 2.18. The third-order valence-corrected chi connectivity index (χ3v) is 1.89. The van der Waals surface area contributed by atoms with Crippen molar-refractivity contribution in [2.75, 3.05) is 11.9 Å². The third-order valence-electron chi connectivity index (χ3n) is 1.89. The number of fused-ring (bicyclic) bond motifs is 1. The molecular formula is C10H11N3. The summed E-state index contributed by atoms with van der Waals surface area (Å²) in [6.07, 6.45) is 3.39. The van der Waals surface area contributed by atoms with Gasteiger partial charge in [-0.1, -0.05) is 0 Å². The molecule has 0 spiro atoms. The first-order chi connectivity index (χ1) is 6.40. The van der Waals surface area contributed by atoms with Gasteiger partial charge < -0.3 is 5.32 Å². The minimum Gasteiger partial charge on any atom is -0.385 e. The Bertz CT molecular complexity index is 412. The van der Waals surface area contributed by atoms with Crippen molar-refractivity contribution in [2.45, 2.75) is 6.92 Å². The Morgan fingerprint density at radius 2 is 2.31 bits per heavy atom. The molecule has 13 heavy (non-hydrogen) atoms. The molecule has 0 saturated carbocycles. The molecule has 0 saturated heterocycles. The van der Waals surface area contributed by atoms with Crippen molar-refractivity contribution in [1.82, 2.24) is 9.97 Å². The molecule has 66 valence electrons. The minimum absolute atomic E-state index is 0.930. The predicted octanol–water partition coefficient (Wildman–Crippen LogP) is 2.06. The Kier molecular flexibility index (Phi) is 2.08. The zero-order valence-electron chi connectivity index (χ0n) is 7.49. The molecule has 0 aliphatic carbocycles. The summed E-state index contributed by atoms with van der Waals surface area (Å²) in [5.74, 6) is 0. The molecule has 0 bridgehead atoms. The smallest absolute Gasteiger partial charge is 0.116 e. The Labute approximate surface area is 76.8 Å². The van der Waals surface area contributed by atoms with Crippen molar-refractivity contribution in [3.63, 3.8) is 0 Å². The molecule has 1 aromatic carbocycles. The van der Waals surface area contributed by atoms with Crippen LogP contribution in [0.1, 0.15) is 6.92 Å². The molecule has 1 heterocycles. The van der Waals surface area contributed by atoms with Gasteiger partial charge in [0.25, 0.3) is 0 Å². The van der Waals surface area contributed by atoms with E-state index < -0.39 is 0 Å². The van der Waals surface area contributed by atoms with Crippen LogP contribution in [0.2, 0.25) is 0 Å². The molecule has 3 heteroatoms. The SMILES string of the molecule is CCNc1ccc2ncncc2c1. The van der Waals surface area contributed by atoms with Gasteiger partial charge in [0.15, 0.2) is 0 Å². The van der Waals surface area contributed by atoms with E-state index in [0.717, 1.165) is 23.1 Å². The number of nitrogens with zero attached hydrogens (tertiary/aromatic N) is 2. The first-order valence-electron chi connectivity index (χ1n) is 4.34. The monoisotopic (exact) mass is 173 g/mol. The lowest BCUT2D eigenvalue weighted by molar-refractivity contribution is 1.20. The first-order valence-corrected chi connectivity index (χ1v) is 4.34. The fourth-order valence-electron chi connectivity index (χ4n) is 1.30. The van der Waals surface area contributed by atoms with Crippen LogP contribution in [0, 0.1) is 0 Å². The van der Waals surface area contributed by atoms with Gasteiger partial charge in [0, 0.05) is 23.8 Å². The molecule has 1 aromatic heterocycles. The van der Waals surface area contributed by atoms with Crippen molar-refractivity contribution in [3.05, 3.63) is 30.7 Å². The summed E-state index contributed by atoms with van der Waals surface area (Å²) in [4.78, 5) is 8.12. The predicted molar refractivity (Wildman–Crippen MR) is 53.7 cm³/mol. The summed E-state index contributed by atoms with van der Waals surface area (Å²) in [6, 6.07) is 6.08. The molecule has 0 amide bonds. The Balaban J connectivity index is 2.49. The Hall–Kier alpha value is -1.64. The topological polar surface area (TPSA) is 37.8 Å². The number of anilines is 1. The van der Waals surface area contributed by atoms with E-state index in [1.807, 2.05) is 18.3 Å². The van der Waals surface area contributed by atoms with E-state index in [1.165, 1.54) is 0 Å². The van der Waals surface area contributed by atoms with E-state index in [4.69, 9.17) is 0 Å². The Morgan fingerprint density at radius 1 is 1.38 bits per heavy atom. The van der Waals surface area contributed by atoms with Crippen LogP contribution >= 0.6 is 0 Å². The minimum atomic E-state index is 0.930. The zero-order chi connectivity index (χ0) is 9.10. The standard InChI is InChI=1S/C10H11N3/c1-2-12-9-3-4-10-8(5-9)6-11-7-13-10/h3-7,12H,2H2,1H3. The summed E-state index contributed by atoms with van der Waals surface area (Å²) in [6.45, 7) is 3.00. The number of hydrogen-bond acceptors (Lipinski definition) is 3. The van der Waals surface area contributed by atoms with Crippen LogP contribution in [0.4, 0.5) is 5.69 Å². The van der Waals surface area contributed by atoms with Crippen LogP contribution in [-0.2, 0) is 0 Å². The van der Waals surface area contributed by atoms with Crippen LogP contribution in [0.5, 0.6) is 0 Å². The second-order valence-corrected chi connectivity index (χ2v) is 2.83. The number of nitrogens with one attached hydrogen (secondary N) is 1. The molecule has 0 unspecified atom stereocenters. The Morgan fingerprint density at radius 3 is 3.15 bits per heavy atom. The highest BCUT2D eigenvalue weighted by Crippen LogP contribution is 2.15. The maximum atomic E-state index is 4.14. The number of rotatable bonds is 2. The van der Waals surface area contributed by atoms with Gasteiger partial charge in [-0.25, -0.2) is 9.97 Å². The summed E-state index contributed by atoms with van der Waals surface area (Å²) in [7, 11) is 0. The summed E-state index contributed by atoms with van der Waals surface area (Å²) < 4.78 is 0. The van der Waals surface area contributed by atoms with Gasteiger partial charge >= 0.3 is 0 Å². The highest BCUT2D eigenvalue weighted by atomic mass is 14.9. The van der Waals surface area contributed by atoms with Gasteiger partial charge in [-0.2, -0.15) is 0 Å². The van der Waals surface area contributed by atoms with Crippen molar-refractivity contribution in [2.24, 2.45) is 0 Å². The van der Waals surface area contributed by atoms with E-state index in [0.29, 0.717) is 0 Å². The maximum absolute atomic E-state index is 4.14. The lowest BCUT2D eigenvalue weighted by Gasteiger charge is -2.03. The summed E-state index contributed by atoms with van der Waals surface area (Å²) in [5, 5.41) is 4.31. The van der Waals surface area contributed by atoms with Gasteiger partial charge in [0.2, 0.25) is 0 Å². The van der Waals surface area contributed by atoms with Gasteiger partial charge in [-0.3, -0.25) is 0 Å². The highest BCUT2D eigenvalue weighted by Gasteiger charge is 1.94. The first kappa shape index (κ1) is 7.98. The number of aromatic nitrogens is 2. The fourth-order valence-corrected chi connectivity index (χ4v) is 1.30. The molecule has 1 N–H and O–H groups in total. The van der Waals surface area contributed by atoms with Crippen LogP contribution in [0.15, 0.2) is 30.7 Å². The molecular weight excluding hydrogens is 162 g/mol. The van der Waals surface area contributed by atoms with Gasteiger partial charge in [0.05, 0.1) is 5.52 Å². The lowest BCUT2D eigenvalue weighted by atomic mass is 10.2.